The zero-order valence-corrected chi connectivity index (χ0v) is 11.5. The summed E-state index contributed by atoms with van der Waals surface area (Å²) in [6.45, 7) is 5.70. The third kappa shape index (κ3) is 6.10. The Labute approximate surface area is 114 Å². The summed E-state index contributed by atoms with van der Waals surface area (Å²) >= 11 is 0. The molecule has 1 rings (SSSR count). The molecule has 0 saturated heterocycles. The minimum Gasteiger partial charge on any atom is -0.494 e. The molecule has 0 bridgehead atoms. The fourth-order valence-corrected chi connectivity index (χ4v) is 1.62. The maximum Gasteiger partial charge on any atom is 0.404 e. The first-order valence-corrected chi connectivity index (χ1v) is 6.52. The van der Waals surface area contributed by atoms with Crippen molar-refractivity contribution in [3.05, 3.63) is 29.8 Å². The van der Waals surface area contributed by atoms with Crippen molar-refractivity contribution < 1.29 is 14.3 Å². The van der Waals surface area contributed by atoms with Crippen LogP contribution in [0.2, 0.25) is 0 Å². The van der Waals surface area contributed by atoms with Crippen LogP contribution in [0.25, 0.3) is 0 Å². The maximum absolute atomic E-state index is 10.4. The number of ether oxygens (including phenoxy) is 2. The summed E-state index contributed by atoms with van der Waals surface area (Å²) in [6, 6.07) is 8.15. The van der Waals surface area contributed by atoms with Crippen LogP contribution in [-0.4, -0.2) is 25.9 Å². The summed E-state index contributed by atoms with van der Waals surface area (Å²) in [4.78, 5) is 10.4. The van der Waals surface area contributed by atoms with Gasteiger partial charge in [0.1, 0.15) is 12.4 Å². The van der Waals surface area contributed by atoms with E-state index in [0.717, 1.165) is 24.3 Å². The minimum atomic E-state index is -0.744. The molecule has 1 amide bonds. The van der Waals surface area contributed by atoms with E-state index >= 15 is 0 Å². The molecule has 1 unspecified atom stereocenters. The first-order chi connectivity index (χ1) is 9.13. The molecule has 1 aromatic carbocycles. The first kappa shape index (κ1) is 15.3. The molecule has 0 fully saturated rings. The molecule has 19 heavy (non-hydrogen) atoms. The van der Waals surface area contributed by atoms with Gasteiger partial charge in [-0.2, -0.15) is 0 Å². The molecule has 0 saturated carbocycles. The summed E-state index contributed by atoms with van der Waals surface area (Å²) in [5.74, 6) is 0.884. The van der Waals surface area contributed by atoms with Gasteiger partial charge in [-0.15, -0.1) is 0 Å². The van der Waals surface area contributed by atoms with Gasteiger partial charge in [0.2, 0.25) is 0 Å². The third-order valence-electron chi connectivity index (χ3n) is 2.65. The highest BCUT2D eigenvalue weighted by Crippen LogP contribution is 2.17. The Morgan fingerprint density at radius 2 is 2.00 bits per heavy atom. The predicted octanol–water partition coefficient (Wildman–Crippen LogP) is 2.22. The molecule has 0 aliphatic heterocycles. The van der Waals surface area contributed by atoms with Crippen LogP contribution < -0.4 is 15.8 Å². The molecule has 5 nitrogen and oxygen atoms in total. The summed E-state index contributed by atoms with van der Waals surface area (Å²) in [7, 11) is 0. The first-order valence-electron chi connectivity index (χ1n) is 6.52. The Morgan fingerprint density at radius 1 is 1.32 bits per heavy atom. The van der Waals surface area contributed by atoms with Crippen LogP contribution in [0.4, 0.5) is 4.79 Å². The smallest absolute Gasteiger partial charge is 0.404 e. The van der Waals surface area contributed by atoms with Crippen LogP contribution in [0.5, 0.6) is 5.75 Å². The van der Waals surface area contributed by atoms with E-state index in [2.05, 4.69) is 17.0 Å². The highest BCUT2D eigenvalue weighted by molar-refractivity contribution is 5.64. The lowest BCUT2D eigenvalue weighted by atomic mass is 10.1. The number of carbonyl (C=O) groups excluding carboxylic acids is 1. The molecule has 0 aromatic heterocycles. The van der Waals surface area contributed by atoms with E-state index < -0.39 is 6.09 Å². The van der Waals surface area contributed by atoms with Gasteiger partial charge in [0.05, 0.1) is 6.61 Å². The fraction of sp³-hybridized carbons (Fsp3) is 0.500. The summed E-state index contributed by atoms with van der Waals surface area (Å²) < 4.78 is 10.2. The molecule has 0 heterocycles. The lowest BCUT2D eigenvalue weighted by molar-refractivity contribution is 0.156. The van der Waals surface area contributed by atoms with E-state index in [-0.39, 0.29) is 12.6 Å². The topological polar surface area (TPSA) is 73.6 Å². The van der Waals surface area contributed by atoms with Gasteiger partial charge in [0.25, 0.3) is 0 Å². The van der Waals surface area contributed by atoms with E-state index in [9.17, 15) is 4.79 Å². The lowest BCUT2D eigenvalue weighted by Gasteiger charge is -2.14. The van der Waals surface area contributed by atoms with Gasteiger partial charge in [0.15, 0.2) is 0 Å². The van der Waals surface area contributed by atoms with Crippen molar-refractivity contribution in [1.29, 1.82) is 0 Å². The molecular formula is C14H22N2O3. The van der Waals surface area contributed by atoms with E-state index in [1.807, 2.05) is 31.2 Å². The summed E-state index contributed by atoms with van der Waals surface area (Å²) in [5.41, 5.74) is 6.03. The largest absolute Gasteiger partial charge is 0.494 e. The predicted molar refractivity (Wildman–Crippen MR) is 74.2 cm³/mol. The van der Waals surface area contributed by atoms with Crippen molar-refractivity contribution in [2.45, 2.75) is 26.3 Å². The normalized spacial score (nSPS) is 11.9. The van der Waals surface area contributed by atoms with Crippen molar-refractivity contribution in [3.8, 4) is 5.75 Å². The van der Waals surface area contributed by atoms with Gasteiger partial charge in [-0.05, 0) is 31.0 Å². The van der Waals surface area contributed by atoms with E-state index in [1.54, 1.807) is 0 Å². The van der Waals surface area contributed by atoms with Crippen LogP contribution in [-0.2, 0) is 4.74 Å². The van der Waals surface area contributed by atoms with Gasteiger partial charge in [-0.3, -0.25) is 0 Å². The third-order valence-corrected chi connectivity index (χ3v) is 2.65. The average Bonchev–Trinajstić information content (AvgIpc) is 2.41. The average molecular weight is 266 g/mol. The molecule has 0 radical (unpaired) electrons. The number of benzene rings is 1. The monoisotopic (exact) mass is 266 g/mol. The molecule has 106 valence electrons. The van der Waals surface area contributed by atoms with Crippen LogP contribution in [0, 0.1) is 0 Å². The van der Waals surface area contributed by atoms with Gasteiger partial charge < -0.3 is 20.5 Å². The molecule has 1 aromatic rings. The number of carbonyl (C=O) groups is 1. The standard InChI is InChI=1S/C14H22N2O3/c1-3-9-18-13-6-4-12(5-7-13)11(2)16-8-10-19-14(15)17/h4-7,11,16H,3,8-10H2,1-2H3,(H2,15,17). The quantitative estimate of drug-likeness (QED) is 0.708. The van der Waals surface area contributed by atoms with Gasteiger partial charge in [-0.25, -0.2) is 4.79 Å². The van der Waals surface area contributed by atoms with Gasteiger partial charge in [0, 0.05) is 12.6 Å². The Balaban J connectivity index is 2.35. The number of nitrogens with one attached hydrogen (secondary N) is 1. The zero-order chi connectivity index (χ0) is 14.1. The molecule has 0 aliphatic carbocycles. The molecular weight excluding hydrogens is 244 g/mol. The highest BCUT2D eigenvalue weighted by atomic mass is 16.5. The van der Waals surface area contributed by atoms with Crippen LogP contribution in [0.3, 0.4) is 0 Å². The zero-order valence-electron chi connectivity index (χ0n) is 11.5. The van der Waals surface area contributed by atoms with Crippen molar-refractivity contribution in [3.63, 3.8) is 0 Å². The second-order valence-electron chi connectivity index (χ2n) is 4.26. The number of amides is 1. The second-order valence-corrected chi connectivity index (χ2v) is 4.26. The van der Waals surface area contributed by atoms with Crippen molar-refractivity contribution >= 4 is 6.09 Å². The molecule has 3 N–H and O–H groups in total. The van der Waals surface area contributed by atoms with Crippen LogP contribution in [0.1, 0.15) is 31.9 Å². The van der Waals surface area contributed by atoms with E-state index in [1.165, 1.54) is 0 Å². The number of rotatable bonds is 8. The van der Waals surface area contributed by atoms with E-state index in [0.29, 0.717) is 6.54 Å². The Morgan fingerprint density at radius 3 is 2.58 bits per heavy atom. The van der Waals surface area contributed by atoms with E-state index in [4.69, 9.17) is 10.5 Å². The minimum absolute atomic E-state index is 0.178. The van der Waals surface area contributed by atoms with Crippen molar-refractivity contribution in [1.82, 2.24) is 5.32 Å². The Kier molecular flexibility index (Phi) is 6.74. The number of primary amides is 1. The number of nitrogens with two attached hydrogens (primary N) is 1. The highest BCUT2D eigenvalue weighted by Gasteiger charge is 2.05. The van der Waals surface area contributed by atoms with Crippen LogP contribution >= 0.6 is 0 Å². The van der Waals surface area contributed by atoms with Crippen molar-refractivity contribution in [2.75, 3.05) is 19.8 Å². The SMILES string of the molecule is CCCOc1ccc(C(C)NCCOC(N)=O)cc1. The Hall–Kier alpha value is -1.75. The van der Waals surface area contributed by atoms with Gasteiger partial charge in [-0.1, -0.05) is 19.1 Å². The summed E-state index contributed by atoms with van der Waals surface area (Å²) in [6.07, 6.45) is 0.256. The van der Waals surface area contributed by atoms with Gasteiger partial charge >= 0.3 is 6.09 Å². The lowest BCUT2D eigenvalue weighted by Crippen LogP contribution is -2.25. The molecule has 5 heteroatoms. The molecule has 1 atom stereocenters. The maximum atomic E-state index is 10.4. The Bertz CT molecular complexity index is 379. The molecule has 0 aliphatic rings. The fourth-order valence-electron chi connectivity index (χ4n) is 1.62. The van der Waals surface area contributed by atoms with Crippen LogP contribution in [0.15, 0.2) is 24.3 Å². The molecule has 0 spiro atoms. The summed E-state index contributed by atoms with van der Waals surface area (Å²) in [5, 5.41) is 3.24. The second kappa shape index (κ2) is 8.37. The van der Waals surface area contributed by atoms with Crippen molar-refractivity contribution in [2.24, 2.45) is 5.73 Å². The number of hydrogen-bond donors (Lipinski definition) is 2. The number of hydrogen-bond acceptors (Lipinski definition) is 4.